The van der Waals surface area contributed by atoms with Gasteiger partial charge in [0.25, 0.3) is 5.92 Å². The van der Waals surface area contributed by atoms with E-state index in [2.05, 4.69) is 5.32 Å². The summed E-state index contributed by atoms with van der Waals surface area (Å²) in [6.45, 7) is -0.744. The highest BCUT2D eigenvalue weighted by Gasteiger charge is 2.44. The molecule has 1 aliphatic heterocycles. The van der Waals surface area contributed by atoms with Crippen LogP contribution in [-0.2, 0) is 4.79 Å². The average molecular weight is 256 g/mol. The number of carbonyl (C=O) groups excluding carboxylic acids is 1. The summed E-state index contributed by atoms with van der Waals surface area (Å²) in [5.41, 5.74) is 0.539. The minimum absolute atomic E-state index is 0.0341. The zero-order valence-electron chi connectivity index (χ0n) is 9.95. The number of anilines is 1. The monoisotopic (exact) mass is 256 g/mol. The molecule has 18 heavy (non-hydrogen) atoms. The van der Waals surface area contributed by atoms with E-state index in [0.717, 1.165) is 0 Å². The van der Waals surface area contributed by atoms with Gasteiger partial charge in [0.2, 0.25) is 5.91 Å². The first kappa shape index (κ1) is 12.8. The smallest absolute Gasteiger partial charge is 0.272 e. The van der Waals surface area contributed by atoms with Gasteiger partial charge < -0.3 is 10.1 Å². The standard InChI is InChI=1S/C12H14F2N2O2/c1-18-10-5-3-2-4-9(10)15-11(17)6-16-7-12(13,14)8-16/h2-5H,6-8H2,1H3,(H,15,17). The zero-order valence-corrected chi connectivity index (χ0v) is 9.95. The molecule has 2 rings (SSSR count). The summed E-state index contributed by atoms with van der Waals surface area (Å²) >= 11 is 0. The van der Waals surface area contributed by atoms with Gasteiger partial charge in [0.05, 0.1) is 32.4 Å². The number of hydrogen-bond acceptors (Lipinski definition) is 3. The van der Waals surface area contributed by atoms with Crippen molar-refractivity contribution in [3.63, 3.8) is 0 Å². The van der Waals surface area contributed by atoms with Crippen molar-refractivity contribution < 1.29 is 18.3 Å². The van der Waals surface area contributed by atoms with Crippen molar-refractivity contribution in [2.45, 2.75) is 5.92 Å². The van der Waals surface area contributed by atoms with E-state index in [9.17, 15) is 13.6 Å². The van der Waals surface area contributed by atoms with E-state index in [1.807, 2.05) is 0 Å². The van der Waals surface area contributed by atoms with Gasteiger partial charge in [0.15, 0.2) is 0 Å². The number of alkyl halides is 2. The topological polar surface area (TPSA) is 41.6 Å². The van der Waals surface area contributed by atoms with Crippen molar-refractivity contribution in [2.24, 2.45) is 0 Å². The van der Waals surface area contributed by atoms with Crippen LogP contribution in [0.15, 0.2) is 24.3 Å². The van der Waals surface area contributed by atoms with E-state index in [-0.39, 0.29) is 25.5 Å². The molecule has 1 heterocycles. The molecule has 98 valence electrons. The number of rotatable bonds is 4. The highest BCUT2D eigenvalue weighted by Crippen LogP contribution is 2.27. The van der Waals surface area contributed by atoms with Gasteiger partial charge in [-0.1, -0.05) is 12.1 Å². The van der Waals surface area contributed by atoms with Crippen molar-refractivity contribution >= 4 is 11.6 Å². The van der Waals surface area contributed by atoms with Crippen LogP contribution >= 0.6 is 0 Å². The van der Waals surface area contributed by atoms with Gasteiger partial charge in [-0.2, -0.15) is 0 Å². The van der Waals surface area contributed by atoms with Crippen LogP contribution in [0, 0.1) is 0 Å². The maximum Gasteiger partial charge on any atom is 0.272 e. The average Bonchev–Trinajstić information content (AvgIpc) is 2.27. The molecular weight excluding hydrogens is 242 g/mol. The molecule has 0 radical (unpaired) electrons. The lowest BCUT2D eigenvalue weighted by atomic mass is 10.1. The van der Waals surface area contributed by atoms with Gasteiger partial charge in [0.1, 0.15) is 5.75 Å². The zero-order chi connectivity index (χ0) is 13.2. The molecule has 0 aromatic heterocycles. The molecule has 1 aromatic rings. The number of likely N-dealkylation sites (tertiary alicyclic amines) is 1. The van der Waals surface area contributed by atoms with Crippen LogP contribution < -0.4 is 10.1 Å². The van der Waals surface area contributed by atoms with Crippen LogP contribution in [0.5, 0.6) is 5.75 Å². The lowest BCUT2D eigenvalue weighted by Crippen LogP contribution is -2.57. The number of benzene rings is 1. The normalized spacial score (nSPS) is 17.9. The molecule has 1 aromatic carbocycles. The number of amides is 1. The second kappa shape index (κ2) is 4.89. The van der Waals surface area contributed by atoms with Gasteiger partial charge in [-0.15, -0.1) is 0 Å². The molecule has 4 nitrogen and oxygen atoms in total. The Kier molecular flexibility index (Phi) is 3.47. The third kappa shape index (κ3) is 2.95. The number of halogens is 2. The van der Waals surface area contributed by atoms with E-state index < -0.39 is 5.92 Å². The van der Waals surface area contributed by atoms with Crippen molar-refractivity contribution in [2.75, 3.05) is 32.1 Å². The molecule has 1 saturated heterocycles. The lowest BCUT2D eigenvalue weighted by molar-refractivity contribution is -0.141. The number of hydrogen-bond donors (Lipinski definition) is 1. The number of nitrogens with zero attached hydrogens (tertiary/aromatic N) is 1. The Hall–Kier alpha value is -1.69. The first-order valence-electron chi connectivity index (χ1n) is 5.53. The molecule has 0 aliphatic carbocycles. The summed E-state index contributed by atoms with van der Waals surface area (Å²) in [4.78, 5) is 13.0. The Morgan fingerprint density at radius 3 is 2.72 bits per heavy atom. The molecule has 0 spiro atoms. The Balaban J connectivity index is 1.88. The number of ether oxygens (including phenoxy) is 1. The summed E-state index contributed by atoms with van der Waals surface area (Å²) in [6.07, 6.45) is 0. The van der Waals surface area contributed by atoms with Crippen molar-refractivity contribution in [1.29, 1.82) is 0 Å². The van der Waals surface area contributed by atoms with E-state index in [0.29, 0.717) is 11.4 Å². The molecule has 1 fully saturated rings. The Morgan fingerprint density at radius 1 is 1.44 bits per heavy atom. The quantitative estimate of drug-likeness (QED) is 0.889. The maximum absolute atomic E-state index is 12.6. The van der Waals surface area contributed by atoms with E-state index in [4.69, 9.17) is 4.74 Å². The molecule has 0 atom stereocenters. The Bertz CT molecular complexity index is 443. The second-order valence-corrected chi connectivity index (χ2v) is 4.25. The second-order valence-electron chi connectivity index (χ2n) is 4.25. The number of nitrogens with one attached hydrogen (secondary N) is 1. The van der Waals surface area contributed by atoms with Crippen LogP contribution in [0.4, 0.5) is 14.5 Å². The summed E-state index contributed by atoms with van der Waals surface area (Å²) in [5.74, 6) is -2.43. The number of carbonyl (C=O) groups is 1. The SMILES string of the molecule is COc1ccccc1NC(=O)CN1CC(F)(F)C1. The van der Waals surface area contributed by atoms with Gasteiger partial charge in [-0.25, -0.2) is 8.78 Å². The fraction of sp³-hybridized carbons (Fsp3) is 0.417. The molecule has 0 saturated carbocycles. The van der Waals surface area contributed by atoms with Crippen LogP contribution in [0.25, 0.3) is 0 Å². The van der Waals surface area contributed by atoms with Crippen LogP contribution in [0.2, 0.25) is 0 Å². The summed E-state index contributed by atoms with van der Waals surface area (Å²) in [7, 11) is 1.50. The summed E-state index contributed by atoms with van der Waals surface area (Å²) in [6, 6.07) is 6.95. The Labute approximate surface area is 104 Å². The first-order valence-corrected chi connectivity index (χ1v) is 5.53. The largest absolute Gasteiger partial charge is 0.495 e. The highest BCUT2D eigenvalue weighted by molar-refractivity contribution is 5.93. The minimum Gasteiger partial charge on any atom is -0.495 e. The van der Waals surface area contributed by atoms with E-state index in [1.54, 1.807) is 24.3 Å². The summed E-state index contributed by atoms with van der Waals surface area (Å²) in [5, 5.41) is 2.64. The molecule has 1 N–H and O–H groups in total. The molecule has 0 bridgehead atoms. The van der Waals surface area contributed by atoms with Crippen LogP contribution in [0.3, 0.4) is 0 Å². The van der Waals surface area contributed by atoms with Gasteiger partial charge in [-0.3, -0.25) is 9.69 Å². The maximum atomic E-state index is 12.6. The molecule has 1 aliphatic rings. The van der Waals surface area contributed by atoms with Gasteiger partial charge >= 0.3 is 0 Å². The molecule has 6 heteroatoms. The third-order valence-electron chi connectivity index (χ3n) is 2.66. The molecule has 1 amide bonds. The fourth-order valence-corrected chi connectivity index (χ4v) is 1.86. The number of methoxy groups -OCH3 is 1. The minimum atomic E-state index is -2.65. The Morgan fingerprint density at radius 2 is 2.11 bits per heavy atom. The van der Waals surface area contributed by atoms with Crippen LogP contribution in [0.1, 0.15) is 0 Å². The van der Waals surface area contributed by atoms with Crippen LogP contribution in [-0.4, -0.2) is 43.5 Å². The molecular formula is C12H14F2N2O2. The first-order chi connectivity index (χ1) is 8.50. The van der Waals surface area contributed by atoms with Crippen molar-refractivity contribution in [1.82, 2.24) is 4.90 Å². The third-order valence-corrected chi connectivity index (χ3v) is 2.66. The van der Waals surface area contributed by atoms with Crippen molar-refractivity contribution in [3.05, 3.63) is 24.3 Å². The van der Waals surface area contributed by atoms with E-state index in [1.165, 1.54) is 12.0 Å². The van der Waals surface area contributed by atoms with Gasteiger partial charge in [0, 0.05) is 0 Å². The molecule has 0 unspecified atom stereocenters. The number of para-hydroxylation sites is 2. The lowest BCUT2D eigenvalue weighted by Gasteiger charge is -2.38. The predicted octanol–water partition coefficient (Wildman–Crippen LogP) is 1.58. The highest BCUT2D eigenvalue weighted by atomic mass is 19.3. The van der Waals surface area contributed by atoms with E-state index >= 15 is 0 Å². The predicted molar refractivity (Wildman–Crippen MR) is 63.0 cm³/mol. The van der Waals surface area contributed by atoms with Gasteiger partial charge in [-0.05, 0) is 12.1 Å². The fourth-order valence-electron chi connectivity index (χ4n) is 1.86. The summed E-state index contributed by atoms with van der Waals surface area (Å²) < 4.78 is 30.3. The van der Waals surface area contributed by atoms with Crippen molar-refractivity contribution in [3.8, 4) is 5.75 Å².